The zero-order valence-corrected chi connectivity index (χ0v) is 15.9. The molecule has 1 saturated heterocycles. The molecule has 1 N–H and O–H groups in total. The van der Waals surface area contributed by atoms with Crippen LogP contribution in [0.4, 0.5) is 5.69 Å². The average Bonchev–Trinajstić information content (AvgIpc) is 3.12. The summed E-state index contributed by atoms with van der Waals surface area (Å²) >= 11 is 6.63. The molecule has 7 heteroatoms. The second-order valence-corrected chi connectivity index (χ2v) is 7.76. The minimum absolute atomic E-state index is 0.162. The molecule has 3 aromatic rings. The van der Waals surface area contributed by atoms with Gasteiger partial charge < -0.3 is 9.67 Å². The van der Waals surface area contributed by atoms with E-state index in [2.05, 4.69) is 0 Å². The summed E-state index contributed by atoms with van der Waals surface area (Å²) in [6.07, 6.45) is 3.84. The maximum atomic E-state index is 12.9. The van der Waals surface area contributed by atoms with Crippen LogP contribution >= 0.6 is 24.0 Å². The monoisotopic (exact) mass is 394 g/mol. The summed E-state index contributed by atoms with van der Waals surface area (Å²) in [5.41, 5.74) is 2.76. The fourth-order valence-corrected chi connectivity index (χ4v) is 4.36. The standard InChI is InChI=1S/C20H14N2O3S2/c1-21-11-13(15-4-2-3-5-16(15)21)10-17-18(23)22(20(26)27-17)14-8-6-12(7-9-14)19(24)25/h2-11H,1H3,(H,24,25)/b17-10-. The van der Waals surface area contributed by atoms with Crippen molar-refractivity contribution in [2.75, 3.05) is 4.90 Å². The lowest BCUT2D eigenvalue weighted by Gasteiger charge is -2.14. The Morgan fingerprint density at radius 2 is 1.85 bits per heavy atom. The summed E-state index contributed by atoms with van der Waals surface area (Å²) in [6, 6.07) is 14.1. The van der Waals surface area contributed by atoms with Gasteiger partial charge in [0.2, 0.25) is 0 Å². The van der Waals surface area contributed by atoms with Crippen molar-refractivity contribution in [3.8, 4) is 0 Å². The van der Waals surface area contributed by atoms with Crippen molar-refractivity contribution < 1.29 is 14.7 Å². The predicted molar refractivity (Wildman–Crippen MR) is 112 cm³/mol. The van der Waals surface area contributed by atoms with Crippen molar-refractivity contribution in [1.29, 1.82) is 0 Å². The molecule has 0 unspecified atom stereocenters. The maximum Gasteiger partial charge on any atom is 0.335 e. The Hall–Kier alpha value is -2.90. The number of nitrogens with zero attached hydrogens (tertiary/aromatic N) is 2. The largest absolute Gasteiger partial charge is 0.478 e. The summed E-state index contributed by atoms with van der Waals surface area (Å²) in [7, 11) is 1.97. The smallest absolute Gasteiger partial charge is 0.335 e. The molecule has 4 rings (SSSR count). The normalized spacial score (nSPS) is 15.9. The minimum atomic E-state index is -1.01. The molecule has 0 atom stereocenters. The molecule has 1 aliphatic rings. The summed E-state index contributed by atoms with van der Waals surface area (Å²) in [4.78, 5) is 25.9. The van der Waals surface area contributed by atoms with Gasteiger partial charge in [-0.25, -0.2) is 4.79 Å². The van der Waals surface area contributed by atoms with Gasteiger partial charge in [-0.05, 0) is 36.4 Å². The first kappa shape index (κ1) is 17.5. The van der Waals surface area contributed by atoms with E-state index in [9.17, 15) is 9.59 Å². The van der Waals surface area contributed by atoms with Crippen LogP contribution < -0.4 is 4.90 Å². The van der Waals surface area contributed by atoms with E-state index in [1.54, 1.807) is 12.1 Å². The molecule has 0 bridgehead atoms. The Kier molecular flexibility index (Phi) is 4.33. The first-order chi connectivity index (χ1) is 13.0. The van der Waals surface area contributed by atoms with Gasteiger partial charge in [-0.1, -0.05) is 42.2 Å². The Morgan fingerprint density at radius 1 is 1.15 bits per heavy atom. The van der Waals surface area contributed by atoms with Gasteiger partial charge in [-0.3, -0.25) is 9.69 Å². The highest BCUT2D eigenvalue weighted by molar-refractivity contribution is 8.27. The highest BCUT2D eigenvalue weighted by Gasteiger charge is 2.33. The number of thiocarbonyl (C=S) groups is 1. The van der Waals surface area contributed by atoms with Gasteiger partial charge in [0.15, 0.2) is 4.32 Å². The predicted octanol–water partition coefficient (Wildman–Crippen LogP) is 4.28. The fraction of sp³-hybridized carbons (Fsp3) is 0.0500. The molecule has 0 spiro atoms. The molecule has 134 valence electrons. The molecule has 5 nitrogen and oxygen atoms in total. The number of hydrogen-bond acceptors (Lipinski definition) is 4. The Balaban J connectivity index is 1.70. The van der Waals surface area contributed by atoms with Crippen LogP contribution in [0.3, 0.4) is 0 Å². The molecule has 0 saturated carbocycles. The van der Waals surface area contributed by atoms with Gasteiger partial charge in [0.1, 0.15) is 0 Å². The van der Waals surface area contributed by atoms with Gasteiger partial charge in [0.05, 0.1) is 16.2 Å². The van der Waals surface area contributed by atoms with Gasteiger partial charge in [0.25, 0.3) is 5.91 Å². The molecule has 1 aromatic heterocycles. The van der Waals surface area contributed by atoms with Crippen LogP contribution in [0.2, 0.25) is 0 Å². The van der Waals surface area contributed by atoms with E-state index in [0.717, 1.165) is 16.5 Å². The van der Waals surface area contributed by atoms with Gasteiger partial charge in [-0.15, -0.1) is 0 Å². The first-order valence-corrected chi connectivity index (χ1v) is 9.33. The number of benzene rings is 2. The zero-order chi connectivity index (χ0) is 19.1. The van der Waals surface area contributed by atoms with E-state index >= 15 is 0 Å². The number of carbonyl (C=O) groups is 2. The van der Waals surface area contributed by atoms with Crippen molar-refractivity contribution in [3.05, 3.63) is 70.8 Å². The topological polar surface area (TPSA) is 62.5 Å². The molecular weight excluding hydrogens is 380 g/mol. The van der Waals surface area contributed by atoms with Crippen LogP contribution in [0.25, 0.3) is 17.0 Å². The molecule has 0 aliphatic carbocycles. The summed E-state index contributed by atoms with van der Waals surface area (Å²) < 4.78 is 2.45. The van der Waals surface area contributed by atoms with E-state index in [-0.39, 0.29) is 11.5 Å². The van der Waals surface area contributed by atoms with Crippen molar-refractivity contribution in [2.45, 2.75) is 0 Å². The third kappa shape index (κ3) is 3.05. The quantitative estimate of drug-likeness (QED) is 0.531. The highest BCUT2D eigenvalue weighted by atomic mass is 32.2. The van der Waals surface area contributed by atoms with Gasteiger partial charge in [-0.2, -0.15) is 0 Å². The molecule has 2 aromatic carbocycles. The van der Waals surface area contributed by atoms with E-state index in [1.807, 2.05) is 48.2 Å². The number of fused-ring (bicyclic) bond motifs is 1. The van der Waals surface area contributed by atoms with E-state index < -0.39 is 5.97 Å². The van der Waals surface area contributed by atoms with Crippen molar-refractivity contribution in [1.82, 2.24) is 4.57 Å². The van der Waals surface area contributed by atoms with E-state index in [1.165, 1.54) is 28.8 Å². The van der Waals surface area contributed by atoms with Crippen molar-refractivity contribution >= 4 is 62.8 Å². The van der Waals surface area contributed by atoms with Crippen molar-refractivity contribution in [3.63, 3.8) is 0 Å². The molecule has 0 radical (unpaired) electrons. The first-order valence-electron chi connectivity index (χ1n) is 8.11. The number of aromatic nitrogens is 1. The molecule has 1 amide bonds. The minimum Gasteiger partial charge on any atom is -0.478 e. The van der Waals surface area contributed by atoms with Crippen LogP contribution in [-0.4, -0.2) is 25.9 Å². The number of para-hydroxylation sites is 1. The number of thioether (sulfide) groups is 1. The summed E-state index contributed by atoms with van der Waals surface area (Å²) in [5, 5.41) is 10.1. The number of carboxylic acid groups (broad SMARTS) is 1. The summed E-state index contributed by atoms with van der Waals surface area (Å²) in [6.45, 7) is 0. The number of aromatic carboxylic acids is 1. The number of carboxylic acids is 1. The summed E-state index contributed by atoms with van der Waals surface area (Å²) in [5.74, 6) is -1.22. The second-order valence-electron chi connectivity index (χ2n) is 6.08. The molecule has 27 heavy (non-hydrogen) atoms. The van der Waals surface area contributed by atoms with Crippen LogP contribution in [0.5, 0.6) is 0 Å². The number of amides is 1. The molecule has 1 aliphatic heterocycles. The molecular formula is C20H14N2O3S2. The zero-order valence-electron chi connectivity index (χ0n) is 14.2. The Morgan fingerprint density at radius 3 is 2.56 bits per heavy atom. The Bertz CT molecular complexity index is 1130. The lowest BCUT2D eigenvalue weighted by atomic mass is 10.1. The lowest BCUT2D eigenvalue weighted by Crippen LogP contribution is -2.27. The van der Waals surface area contributed by atoms with Gasteiger partial charge >= 0.3 is 5.97 Å². The fourth-order valence-electron chi connectivity index (χ4n) is 3.07. The Labute approximate surface area is 164 Å². The average molecular weight is 394 g/mol. The lowest BCUT2D eigenvalue weighted by molar-refractivity contribution is -0.113. The SMILES string of the molecule is Cn1cc(/C=C2\SC(=S)N(c3ccc(C(=O)O)cc3)C2=O)c2ccccc21. The van der Waals surface area contributed by atoms with Gasteiger partial charge in [0, 0.05) is 29.7 Å². The van der Waals surface area contributed by atoms with Crippen molar-refractivity contribution in [2.24, 2.45) is 7.05 Å². The third-order valence-corrected chi connectivity index (χ3v) is 5.68. The number of rotatable bonds is 3. The maximum absolute atomic E-state index is 12.9. The number of carbonyl (C=O) groups excluding carboxylic acids is 1. The number of anilines is 1. The van der Waals surface area contributed by atoms with Crippen LogP contribution in [0.15, 0.2) is 59.6 Å². The van der Waals surface area contributed by atoms with E-state index in [4.69, 9.17) is 17.3 Å². The molecule has 1 fully saturated rings. The molecule has 2 heterocycles. The second kappa shape index (κ2) is 6.68. The third-order valence-electron chi connectivity index (χ3n) is 4.38. The van der Waals surface area contributed by atoms with Crippen LogP contribution in [-0.2, 0) is 11.8 Å². The van der Waals surface area contributed by atoms with E-state index in [0.29, 0.717) is 14.9 Å². The highest BCUT2D eigenvalue weighted by Crippen LogP contribution is 2.37. The van der Waals surface area contributed by atoms with Crippen LogP contribution in [0.1, 0.15) is 15.9 Å². The van der Waals surface area contributed by atoms with Crippen LogP contribution in [0, 0.1) is 0 Å². The number of aryl methyl sites for hydroxylation is 1. The number of hydrogen-bond donors (Lipinski definition) is 1.